The van der Waals surface area contributed by atoms with E-state index in [1.165, 1.54) is 0 Å². The Labute approximate surface area is 207 Å². The first kappa shape index (κ1) is 25.1. The standard InChI is InChI=1S/C30H50O4/c1-25(2)12-14-30(24(33)34)15-13-29(7)23(18(30)17-25)19(31)16-21-27(5)10-9-22(32)26(3,4)20(27)8-11-28(21,29)6/h18-23,31-32H,8-17H2,1-7H3,(H,33,34)/t18-,19+,20-,21+,22-,23?,27-,28+,29+,30-/m0/s1. The van der Waals surface area contributed by atoms with Crippen LogP contribution in [0, 0.1) is 56.2 Å². The number of hydrogen-bond donors (Lipinski definition) is 3. The quantitative estimate of drug-likeness (QED) is 0.418. The highest BCUT2D eigenvalue weighted by atomic mass is 16.4. The third-order valence-electron chi connectivity index (χ3n) is 13.6. The zero-order chi connectivity index (χ0) is 25.1. The molecular formula is C30H50O4. The molecule has 0 aliphatic heterocycles. The van der Waals surface area contributed by atoms with E-state index < -0.39 is 17.5 Å². The van der Waals surface area contributed by atoms with Crippen molar-refractivity contribution in [2.75, 3.05) is 0 Å². The maximum Gasteiger partial charge on any atom is 0.309 e. The summed E-state index contributed by atoms with van der Waals surface area (Å²) in [6, 6.07) is 0. The van der Waals surface area contributed by atoms with Crippen molar-refractivity contribution in [2.24, 2.45) is 56.2 Å². The van der Waals surface area contributed by atoms with Crippen LogP contribution in [0.1, 0.15) is 113 Å². The summed E-state index contributed by atoms with van der Waals surface area (Å²) in [5, 5.41) is 33.4. The monoisotopic (exact) mass is 474 g/mol. The van der Waals surface area contributed by atoms with Gasteiger partial charge in [-0.15, -0.1) is 0 Å². The summed E-state index contributed by atoms with van der Waals surface area (Å²) in [6.45, 7) is 16.5. The van der Waals surface area contributed by atoms with Gasteiger partial charge in [0, 0.05) is 0 Å². The Kier molecular flexibility index (Phi) is 5.34. The molecule has 3 N–H and O–H groups in total. The predicted octanol–water partition coefficient (Wildman–Crippen LogP) is 6.28. The van der Waals surface area contributed by atoms with Crippen LogP contribution in [0.4, 0.5) is 0 Å². The molecule has 5 aliphatic carbocycles. The topological polar surface area (TPSA) is 77.8 Å². The SMILES string of the molecule is CC1(C)CC[C@]2(C(=O)O)CC[C@]3(C)C([C@H](O)C[C@@H]4[C@@]5(C)CC[C@H](O)C(C)(C)[C@@H]5CC[C@]43C)[C@@H]2C1. The number of rotatable bonds is 1. The lowest BCUT2D eigenvalue weighted by atomic mass is 9.31. The minimum Gasteiger partial charge on any atom is -0.481 e. The van der Waals surface area contributed by atoms with Crippen LogP contribution in [0.25, 0.3) is 0 Å². The number of aliphatic hydroxyl groups excluding tert-OH is 2. The molecule has 5 fully saturated rings. The largest absolute Gasteiger partial charge is 0.481 e. The number of hydrogen-bond acceptors (Lipinski definition) is 3. The van der Waals surface area contributed by atoms with Crippen LogP contribution in [0.15, 0.2) is 0 Å². The third kappa shape index (κ3) is 2.93. The van der Waals surface area contributed by atoms with Crippen LogP contribution in [0.3, 0.4) is 0 Å². The molecule has 0 saturated heterocycles. The molecule has 5 aliphatic rings. The van der Waals surface area contributed by atoms with Gasteiger partial charge in [0.05, 0.1) is 17.6 Å². The number of aliphatic hydroxyl groups is 2. The smallest absolute Gasteiger partial charge is 0.309 e. The Morgan fingerprint density at radius 2 is 1.41 bits per heavy atom. The molecule has 0 bridgehead atoms. The van der Waals surface area contributed by atoms with Gasteiger partial charge < -0.3 is 15.3 Å². The molecule has 4 nitrogen and oxygen atoms in total. The normalized spacial score (nSPS) is 55.8. The van der Waals surface area contributed by atoms with Gasteiger partial charge in [0.15, 0.2) is 0 Å². The highest BCUT2D eigenvalue weighted by molar-refractivity contribution is 5.75. The zero-order valence-electron chi connectivity index (χ0n) is 22.8. The summed E-state index contributed by atoms with van der Waals surface area (Å²) in [5.41, 5.74) is -0.491. The van der Waals surface area contributed by atoms with Crippen LogP contribution >= 0.6 is 0 Å². The third-order valence-corrected chi connectivity index (χ3v) is 13.6. The maximum absolute atomic E-state index is 12.8. The molecule has 194 valence electrons. The molecule has 10 atom stereocenters. The second-order valence-corrected chi connectivity index (χ2v) is 15.6. The predicted molar refractivity (Wildman–Crippen MR) is 134 cm³/mol. The van der Waals surface area contributed by atoms with Crippen LogP contribution < -0.4 is 0 Å². The van der Waals surface area contributed by atoms with Gasteiger partial charge in [0.1, 0.15) is 0 Å². The lowest BCUT2D eigenvalue weighted by Gasteiger charge is -2.74. The molecule has 0 aromatic rings. The minimum absolute atomic E-state index is 0.0513. The van der Waals surface area contributed by atoms with Crippen LogP contribution in [0.2, 0.25) is 0 Å². The van der Waals surface area contributed by atoms with Gasteiger partial charge in [-0.25, -0.2) is 0 Å². The highest BCUT2D eigenvalue weighted by Gasteiger charge is 2.72. The fourth-order valence-corrected chi connectivity index (χ4v) is 11.4. The fraction of sp³-hybridized carbons (Fsp3) is 0.967. The molecule has 0 aromatic heterocycles. The zero-order valence-corrected chi connectivity index (χ0v) is 22.8. The molecular weight excluding hydrogens is 424 g/mol. The van der Waals surface area contributed by atoms with Crippen molar-refractivity contribution in [2.45, 2.75) is 125 Å². The Balaban J connectivity index is 1.59. The molecule has 5 rings (SSSR count). The van der Waals surface area contributed by atoms with Crippen LogP contribution in [-0.4, -0.2) is 33.5 Å². The first-order valence-electron chi connectivity index (χ1n) is 14.1. The van der Waals surface area contributed by atoms with E-state index in [0.717, 1.165) is 64.2 Å². The molecule has 0 amide bonds. The van der Waals surface area contributed by atoms with Gasteiger partial charge in [-0.2, -0.15) is 0 Å². The summed E-state index contributed by atoms with van der Waals surface area (Å²) >= 11 is 0. The number of carboxylic acids is 1. The summed E-state index contributed by atoms with van der Waals surface area (Å²) in [4.78, 5) is 12.8. The number of carbonyl (C=O) groups is 1. The van der Waals surface area contributed by atoms with Gasteiger partial charge in [-0.05, 0) is 115 Å². The Hall–Kier alpha value is -0.610. The fourth-order valence-electron chi connectivity index (χ4n) is 11.4. The average molecular weight is 475 g/mol. The van der Waals surface area contributed by atoms with Crippen molar-refractivity contribution in [1.82, 2.24) is 0 Å². The molecule has 0 aromatic carbocycles. The van der Waals surface area contributed by atoms with Crippen molar-refractivity contribution in [3.8, 4) is 0 Å². The van der Waals surface area contributed by atoms with E-state index in [1.54, 1.807) is 0 Å². The molecule has 0 radical (unpaired) electrons. The van der Waals surface area contributed by atoms with Gasteiger partial charge in [0.2, 0.25) is 0 Å². The Morgan fingerprint density at radius 1 is 0.765 bits per heavy atom. The van der Waals surface area contributed by atoms with Gasteiger partial charge >= 0.3 is 5.97 Å². The second kappa shape index (κ2) is 7.24. The second-order valence-electron chi connectivity index (χ2n) is 15.6. The van der Waals surface area contributed by atoms with Crippen LogP contribution in [0.5, 0.6) is 0 Å². The van der Waals surface area contributed by atoms with E-state index in [0.29, 0.717) is 11.8 Å². The molecule has 34 heavy (non-hydrogen) atoms. The van der Waals surface area contributed by atoms with Gasteiger partial charge in [-0.1, -0.05) is 48.5 Å². The molecule has 4 heteroatoms. The Morgan fingerprint density at radius 3 is 2.06 bits per heavy atom. The van der Waals surface area contributed by atoms with E-state index in [4.69, 9.17) is 0 Å². The number of fused-ring (bicyclic) bond motifs is 7. The van der Waals surface area contributed by atoms with E-state index >= 15 is 0 Å². The lowest BCUT2D eigenvalue weighted by molar-refractivity contribution is -0.278. The molecule has 1 unspecified atom stereocenters. The van der Waals surface area contributed by atoms with Crippen molar-refractivity contribution in [3.63, 3.8) is 0 Å². The van der Waals surface area contributed by atoms with E-state index in [2.05, 4.69) is 48.5 Å². The van der Waals surface area contributed by atoms with Crippen molar-refractivity contribution >= 4 is 5.97 Å². The minimum atomic E-state index is -0.665. The van der Waals surface area contributed by atoms with E-state index in [9.17, 15) is 20.1 Å². The summed E-state index contributed by atoms with van der Waals surface area (Å²) < 4.78 is 0. The van der Waals surface area contributed by atoms with Crippen molar-refractivity contribution < 1.29 is 20.1 Å². The molecule has 5 saturated carbocycles. The summed E-state index contributed by atoms with van der Waals surface area (Å²) in [6.07, 6.45) is 8.56. The first-order chi connectivity index (χ1) is 15.6. The van der Waals surface area contributed by atoms with E-state index in [-0.39, 0.29) is 45.0 Å². The number of aliphatic carboxylic acids is 1. The molecule has 0 heterocycles. The van der Waals surface area contributed by atoms with Crippen molar-refractivity contribution in [3.05, 3.63) is 0 Å². The summed E-state index contributed by atoms with van der Waals surface area (Å²) in [5.74, 6) is 0.365. The lowest BCUT2D eigenvalue weighted by Crippen LogP contribution is -2.70. The van der Waals surface area contributed by atoms with Crippen molar-refractivity contribution in [1.29, 1.82) is 0 Å². The summed E-state index contributed by atoms with van der Waals surface area (Å²) in [7, 11) is 0. The number of carboxylic acid groups (broad SMARTS) is 1. The van der Waals surface area contributed by atoms with Crippen LogP contribution in [-0.2, 0) is 4.79 Å². The van der Waals surface area contributed by atoms with Gasteiger partial charge in [0.25, 0.3) is 0 Å². The maximum atomic E-state index is 12.8. The average Bonchev–Trinajstić information content (AvgIpc) is 2.72. The highest BCUT2D eigenvalue weighted by Crippen LogP contribution is 2.77. The van der Waals surface area contributed by atoms with E-state index in [1.807, 2.05) is 0 Å². The first-order valence-corrected chi connectivity index (χ1v) is 14.1. The van der Waals surface area contributed by atoms with Gasteiger partial charge in [-0.3, -0.25) is 4.79 Å². The Bertz CT molecular complexity index is 864. The molecule has 0 spiro atoms.